The zero-order chi connectivity index (χ0) is 25.0. The van der Waals surface area contributed by atoms with E-state index in [1.807, 2.05) is 26.2 Å². The van der Waals surface area contributed by atoms with E-state index in [4.69, 9.17) is 5.73 Å². The molecule has 3 amide bonds. The van der Waals surface area contributed by atoms with Gasteiger partial charge in [0.2, 0.25) is 17.7 Å². The molecule has 1 rings (SSSR count). The lowest BCUT2D eigenvalue weighted by Crippen LogP contribution is -2.57. The van der Waals surface area contributed by atoms with Crippen molar-refractivity contribution in [3.8, 4) is 0 Å². The molecule has 0 aliphatic carbocycles. The highest BCUT2D eigenvalue weighted by atomic mass is 32.2. The van der Waals surface area contributed by atoms with E-state index in [0.29, 0.717) is 12.2 Å². The number of carboxylic acids is 1. The zero-order valence-electron chi connectivity index (χ0n) is 19.7. The SMILES string of the molecule is CCC(C)C(N)C(=O)NC(CCSC)C(=O)NC(C)C(=O)NC(Cc1ccccc1)C(=O)O. The van der Waals surface area contributed by atoms with Gasteiger partial charge >= 0.3 is 5.97 Å². The smallest absolute Gasteiger partial charge is 0.326 e. The second-order valence-electron chi connectivity index (χ2n) is 8.07. The average molecular weight is 481 g/mol. The van der Waals surface area contributed by atoms with Crippen LogP contribution in [-0.2, 0) is 25.6 Å². The fourth-order valence-corrected chi connectivity index (χ4v) is 3.48. The Morgan fingerprint density at radius 2 is 1.58 bits per heavy atom. The van der Waals surface area contributed by atoms with E-state index in [1.165, 1.54) is 18.7 Å². The number of thioether (sulfide) groups is 1. The minimum Gasteiger partial charge on any atom is -0.480 e. The summed E-state index contributed by atoms with van der Waals surface area (Å²) in [5.41, 5.74) is 6.74. The number of benzene rings is 1. The maximum absolute atomic E-state index is 12.8. The summed E-state index contributed by atoms with van der Waals surface area (Å²) in [6.07, 6.45) is 3.09. The summed E-state index contributed by atoms with van der Waals surface area (Å²) < 4.78 is 0. The lowest BCUT2D eigenvalue weighted by Gasteiger charge is -2.24. The molecule has 0 spiro atoms. The Labute approximate surface area is 199 Å². The van der Waals surface area contributed by atoms with Gasteiger partial charge < -0.3 is 26.8 Å². The van der Waals surface area contributed by atoms with Gasteiger partial charge in [-0.2, -0.15) is 11.8 Å². The van der Waals surface area contributed by atoms with Crippen molar-refractivity contribution in [2.45, 2.75) is 64.2 Å². The van der Waals surface area contributed by atoms with Crippen molar-refractivity contribution in [2.24, 2.45) is 11.7 Å². The standard InChI is InChI=1S/C23H36N4O5S/c1-5-14(2)19(24)22(30)26-17(11-12-33-4)21(29)25-15(3)20(28)27-18(23(31)32)13-16-9-7-6-8-10-16/h6-10,14-15,17-19H,5,11-13,24H2,1-4H3,(H,25,29)(H,26,30)(H,27,28)(H,31,32). The van der Waals surface area contributed by atoms with Gasteiger partial charge in [-0.25, -0.2) is 4.79 Å². The Hall–Kier alpha value is -2.59. The van der Waals surface area contributed by atoms with E-state index in [2.05, 4.69) is 16.0 Å². The summed E-state index contributed by atoms with van der Waals surface area (Å²) in [5, 5.41) is 17.2. The van der Waals surface area contributed by atoms with Crippen LogP contribution in [0.15, 0.2) is 30.3 Å². The normalized spacial score (nSPS) is 15.4. The van der Waals surface area contributed by atoms with Crippen LogP contribution >= 0.6 is 11.8 Å². The molecule has 0 bridgehead atoms. The topological polar surface area (TPSA) is 151 Å². The van der Waals surface area contributed by atoms with Crippen LogP contribution in [0.1, 0.15) is 39.2 Å². The molecule has 10 heteroatoms. The molecule has 1 aromatic carbocycles. The van der Waals surface area contributed by atoms with Crippen molar-refractivity contribution in [1.82, 2.24) is 16.0 Å². The Morgan fingerprint density at radius 3 is 2.12 bits per heavy atom. The van der Waals surface area contributed by atoms with Gasteiger partial charge in [0.15, 0.2) is 0 Å². The van der Waals surface area contributed by atoms with Crippen molar-refractivity contribution in [2.75, 3.05) is 12.0 Å². The molecule has 0 saturated heterocycles. The van der Waals surface area contributed by atoms with E-state index < -0.39 is 47.9 Å². The van der Waals surface area contributed by atoms with Gasteiger partial charge in [-0.05, 0) is 36.8 Å². The lowest BCUT2D eigenvalue weighted by molar-refractivity contribution is -0.142. The maximum Gasteiger partial charge on any atom is 0.326 e. The summed E-state index contributed by atoms with van der Waals surface area (Å²) in [4.78, 5) is 49.5. The van der Waals surface area contributed by atoms with Gasteiger partial charge in [-0.3, -0.25) is 14.4 Å². The van der Waals surface area contributed by atoms with Gasteiger partial charge in [0.25, 0.3) is 0 Å². The number of aliphatic carboxylic acids is 1. The van der Waals surface area contributed by atoms with E-state index >= 15 is 0 Å². The van der Waals surface area contributed by atoms with Crippen LogP contribution < -0.4 is 21.7 Å². The third-order valence-electron chi connectivity index (χ3n) is 5.45. The van der Waals surface area contributed by atoms with E-state index in [1.54, 1.807) is 24.3 Å². The van der Waals surface area contributed by atoms with Crippen molar-refractivity contribution in [1.29, 1.82) is 0 Å². The Kier molecular flexibility index (Phi) is 12.5. The van der Waals surface area contributed by atoms with E-state index in [0.717, 1.165) is 12.0 Å². The molecule has 1 aromatic rings. The van der Waals surface area contributed by atoms with E-state index in [-0.39, 0.29) is 12.3 Å². The van der Waals surface area contributed by atoms with Crippen molar-refractivity contribution < 1.29 is 24.3 Å². The molecule has 0 fully saturated rings. The molecule has 0 heterocycles. The van der Waals surface area contributed by atoms with Gasteiger partial charge in [-0.1, -0.05) is 50.6 Å². The summed E-state index contributed by atoms with van der Waals surface area (Å²) in [7, 11) is 0. The molecule has 5 atom stereocenters. The molecular formula is C23H36N4O5S. The fraction of sp³-hybridized carbons (Fsp3) is 0.565. The minimum atomic E-state index is -1.17. The molecule has 9 nitrogen and oxygen atoms in total. The summed E-state index contributed by atoms with van der Waals surface area (Å²) >= 11 is 1.52. The van der Waals surface area contributed by atoms with Crippen LogP contribution in [0, 0.1) is 5.92 Å². The van der Waals surface area contributed by atoms with Crippen LogP contribution in [0.4, 0.5) is 0 Å². The molecule has 5 unspecified atom stereocenters. The molecule has 0 radical (unpaired) electrons. The largest absolute Gasteiger partial charge is 0.480 e. The van der Waals surface area contributed by atoms with Crippen molar-refractivity contribution in [3.05, 3.63) is 35.9 Å². The first-order valence-electron chi connectivity index (χ1n) is 11.0. The highest BCUT2D eigenvalue weighted by molar-refractivity contribution is 7.98. The summed E-state index contributed by atoms with van der Waals surface area (Å²) in [6.45, 7) is 5.26. The molecule has 0 aromatic heterocycles. The predicted molar refractivity (Wildman–Crippen MR) is 130 cm³/mol. The Bertz CT molecular complexity index is 792. The molecule has 33 heavy (non-hydrogen) atoms. The van der Waals surface area contributed by atoms with Crippen LogP contribution in [0.5, 0.6) is 0 Å². The van der Waals surface area contributed by atoms with Crippen LogP contribution in [0.25, 0.3) is 0 Å². The second-order valence-corrected chi connectivity index (χ2v) is 9.06. The zero-order valence-corrected chi connectivity index (χ0v) is 20.5. The molecular weight excluding hydrogens is 444 g/mol. The quantitative estimate of drug-likeness (QED) is 0.266. The lowest BCUT2D eigenvalue weighted by atomic mass is 9.99. The average Bonchev–Trinajstić information content (AvgIpc) is 2.80. The van der Waals surface area contributed by atoms with Crippen molar-refractivity contribution >= 4 is 35.5 Å². The summed E-state index contributed by atoms with van der Waals surface area (Å²) in [5.74, 6) is -2.16. The molecule has 6 N–H and O–H groups in total. The van der Waals surface area contributed by atoms with Gasteiger partial charge in [0.1, 0.15) is 18.1 Å². The Balaban J connectivity index is 2.77. The molecule has 0 aliphatic rings. The van der Waals surface area contributed by atoms with Crippen LogP contribution in [0.2, 0.25) is 0 Å². The Morgan fingerprint density at radius 1 is 0.970 bits per heavy atom. The van der Waals surface area contributed by atoms with Crippen LogP contribution in [-0.4, -0.2) is 65.0 Å². The fourth-order valence-electron chi connectivity index (χ4n) is 3.01. The number of nitrogens with one attached hydrogen (secondary N) is 3. The van der Waals surface area contributed by atoms with Crippen molar-refractivity contribution in [3.63, 3.8) is 0 Å². The number of amides is 3. The summed E-state index contributed by atoms with van der Waals surface area (Å²) in [6, 6.07) is 5.21. The number of carboxylic acid groups (broad SMARTS) is 1. The number of hydrogen-bond donors (Lipinski definition) is 5. The van der Waals surface area contributed by atoms with Gasteiger partial charge in [0, 0.05) is 6.42 Å². The van der Waals surface area contributed by atoms with Gasteiger partial charge in [0.05, 0.1) is 6.04 Å². The number of nitrogens with two attached hydrogens (primary N) is 1. The highest BCUT2D eigenvalue weighted by Crippen LogP contribution is 2.08. The van der Waals surface area contributed by atoms with Crippen LogP contribution in [0.3, 0.4) is 0 Å². The third kappa shape index (κ3) is 9.83. The number of carbonyl (C=O) groups excluding carboxylic acids is 3. The highest BCUT2D eigenvalue weighted by Gasteiger charge is 2.29. The number of rotatable bonds is 14. The monoisotopic (exact) mass is 480 g/mol. The maximum atomic E-state index is 12.8. The molecule has 184 valence electrons. The molecule has 0 aliphatic heterocycles. The third-order valence-corrected chi connectivity index (χ3v) is 6.10. The molecule has 0 saturated carbocycles. The minimum absolute atomic E-state index is 0.0449. The number of hydrogen-bond acceptors (Lipinski definition) is 6. The first-order valence-corrected chi connectivity index (χ1v) is 12.4. The second kappa shape index (κ2) is 14.5. The predicted octanol–water partition coefficient (Wildman–Crippen LogP) is 0.915. The van der Waals surface area contributed by atoms with Gasteiger partial charge in [-0.15, -0.1) is 0 Å². The number of carbonyl (C=O) groups is 4. The first-order chi connectivity index (χ1) is 15.6. The van der Waals surface area contributed by atoms with E-state index in [9.17, 15) is 24.3 Å². The first kappa shape index (κ1) is 28.4.